The Bertz CT molecular complexity index is 605. The van der Waals surface area contributed by atoms with E-state index in [1.807, 2.05) is 6.92 Å². The fraction of sp³-hybridized carbons (Fsp3) is 0.750. The van der Waals surface area contributed by atoms with Gasteiger partial charge in [-0.15, -0.1) is 0 Å². The van der Waals surface area contributed by atoms with Gasteiger partial charge in [-0.25, -0.2) is 4.39 Å². The molecular formula is C24H36ClFO2. The Morgan fingerprint density at radius 3 is 2.00 bits per heavy atom. The van der Waals surface area contributed by atoms with Crippen molar-refractivity contribution in [3.8, 4) is 11.5 Å². The van der Waals surface area contributed by atoms with Crippen LogP contribution < -0.4 is 9.47 Å². The van der Waals surface area contributed by atoms with Gasteiger partial charge in [-0.05, 0) is 81.3 Å². The van der Waals surface area contributed by atoms with E-state index in [2.05, 4.69) is 6.92 Å². The molecule has 0 spiro atoms. The molecular weight excluding hydrogens is 375 g/mol. The van der Waals surface area contributed by atoms with Crippen molar-refractivity contribution in [1.29, 1.82) is 0 Å². The van der Waals surface area contributed by atoms with Crippen molar-refractivity contribution in [3.63, 3.8) is 0 Å². The summed E-state index contributed by atoms with van der Waals surface area (Å²) in [6, 6.07) is 3.32. The van der Waals surface area contributed by atoms with Crippen LogP contribution in [0.1, 0.15) is 78.1 Å². The lowest BCUT2D eigenvalue weighted by Crippen LogP contribution is -2.27. The number of benzene rings is 1. The van der Waals surface area contributed by atoms with Crippen molar-refractivity contribution < 1.29 is 13.9 Å². The van der Waals surface area contributed by atoms with Gasteiger partial charge in [0.15, 0.2) is 11.6 Å². The first-order valence-corrected chi connectivity index (χ1v) is 11.7. The van der Waals surface area contributed by atoms with Gasteiger partial charge in [0.05, 0.1) is 13.2 Å². The van der Waals surface area contributed by atoms with Gasteiger partial charge in [0.2, 0.25) is 0 Å². The molecule has 158 valence electrons. The van der Waals surface area contributed by atoms with Crippen LogP contribution in [0.25, 0.3) is 0 Å². The van der Waals surface area contributed by atoms with Crippen molar-refractivity contribution >= 4 is 11.6 Å². The molecule has 1 aromatic carbocycles. The minimum atomic E-state index is -0.509. The van der Waals surface area contributed by atoms with Gasteiger partial charge in [0.25, 0.3) is 0 Å². The molecule has 2 nitrogen and oxygen atoms in total. The van der Waals surface area contributed by atoms with Crippen molar-refractivity contribution in [2.24, 2.45) is 23.7 Å². The molecule has 0 atom stereocenters. The van der Waals surface area contributed by atoms with Crippen LogP contribution in [0.3, 0.4) is 0 Å². The van der Waals surface area contributed by atoms with Crippen molar-refractivity contribution in [1.82, 2.24) is 0 Å². The molecule has 0 aliphatic heterocycles. The third-order valence-electron chi connectivity index (χ3n) is 6.93. The van der Waals surface area contributed by atoms with Crippen LogP contribution in [0.4, 0.5) is 4.39 Å². The van der Waals surface area contributed by atoms with Crippen LogP contribution in [0.15, 0.2) is 12.1 Å². The summed E-state index contributed by atoms with van der Waals surface area (Å²) in [7, 11) is 0. The molecule has 2 aliphatic carbocycles. The average molecular weight is 411 g/mol. The Hall–Kier alpha value is -0.960. The maximum absolute atomic E-state index is 14.4. The van der Waals surface area contributed by atoms with Crippen LogP contribution in [-0.4, -0.2) is 13.2 Å². The highest BCUT2D eigenvalue weighted by Crippen LogP contribution is 2.42. The van der Waals surface area contributed by atoms with Gasteiger partial charge in [-0.2, -0.15) is 0 Å². The van der Waals surface area contributed by atoms with E-state index in [0.29, 0.717) is 24.9 Å². The van der Waals surface area contributed by atoms with E-state index in [-0.39, 0.29) is 10.8 Å². The van der Waals surface area contributed by atoms with Crippen LogP contribution in [0.5, 0.6) is 11.5 Å². The Kier molecular flexibility index (Phi) is 8.32. The molecule has 2 saturated carbocycles. The second-order valence-corrected chi connectivity index (χ2v) is 9.16. The highest BCUT2D eigenvalue weighted by Gasteiger charge is 2.31. The fourth-order valence-corrected chi connectivity index (χ4v) is 5.49. The molecule has 2 aliphatic rings. The molecule has 3 rings (SSSR count). The third kappa shape index (κ3) is 5.55. The molecule has 0 amide bonds. The SMILES string of the molecule is CCC[C@H]1CC[C@H]([C@H]2CC[C@H](COc3ccc(OCC)c(Cl)c3F)CC2)CC1. The molecule has 0 aromatic heterocycles. The molecule has 4 heteroatoms. The topological polar surface area (TPSA) is 18.5 Å². The predicted molar refractivity (Wildman–Crippen MR) is 114 cm³/mol. The quantitative estimate of drug-likeness (QED) is 0.437. The lowest BCUT2D eigenvalue weighted by molar-refractivity contribution is 0.120. The molecule has 0 N–H and O–H groups in total. The summed E-state index contributed by atoms with van der Waals surface area (Å²) in [4.78, 5) is 0. The summed E-state index contributed by atoms with van der Waals surface area (Å²) in [5.74, 6) is 3.46. The zero-order chi connectivity index (χ0) is 19.9. The van der Waals surface area contributed by atoms with Crippen molar-refractivity contribution in [2.45, 2.75) is 78.1 Å². The van der Waals surface area contributed by atoms with Crippen molar-refractivity contribution in [3.05, 3.63) is 23.0 Å². The van der Waals surface area contributed by atoms with Gasteiger partial charge in [-0.1, -0.05) is 44.2 Å². The standard InChI is InChI=1S/C24H36ClFO2/c1-3-5-17-6-10-19(11-7-17)20-12-8-18(9-13-20)16-28-22-15-14-21(27-4-2)23(25)24(22)26/h14-15,17-20H,3-13,16H2,1-2H3/t17-,18-,19-,20-. The smallest absolute Gasteiger partial charge is 0.187 e. The van der Waals surface area contributed by atoms with Crippen LogP contribution in [0, 0.1) is 29.5 Å². The van der Waals surface area contributed by atoms with Crippen LogP contribution in [0.2, 0.25) is 5.02 Å². The number of hydrogen-bond donors (Lipinski definition) is 0. The Morgan fingerprint density at radius 2 is 1.43 bits per heavy atom. The van der Waals surface area contributed by atoms with Crippen LogP contribution >= 0.6 is 11.6 Å². The molecule has 0 heterocycles. The normalized spacial score (nSPS) is 28.1. The van der Waals surface area contributed by atoms with E-state index in [0.717, 1.165) is 17.8 Å². The highest BCUT2D eigenvalue weighted by molar-refractivity contribution is 6.32. The van der Waals surface area contributed by atoms with E-state index >= 15 is 0 Å². The average Bonchev–Trinajstić information content (AvgIpc) is 2.72. The Morgan fingerprint density at radius 1 is 0.857 bits per heavy atom. The first-order chi connectivity index (χ1) is 13.6. The number of halogens is 2. The van der Waals surface area contributed by atoms with E-state index in [4.69, 9.17) is 21.1 Å². The van der Waals surface area contributed by atoms with Gasteiger partial charge >= 0.3 is 0 Å². The van der Waals surface area contributed by atoms with Gasteiger partial charge in [-0.3, -0.25) is 0 Å². The third-order valence-corrected chi connectivity index (χ3v) is 7.28. The fourth-order valence-electron chi connectivity index (χ4n) is 5.28. The molecule has 0 saturated heterocycles. The summed E-state index contributed by atoms with van der Waals surface area (Å²) in [6.45, 7) is 5.20. The minimum Gasteiger partial charge on any atom is -0.492 e. The Labute approximate surface area is 175 Å². The minimum absolute atomic E-state index is 0.0155. The van der Waals surface area contributed by atoms with E-state index in [9.17, 15) is 4.39 Å². The lowest BCUT2D eigenvalue weighted by atomic mass is 9.69. The second-order valence-electron chi connectivity index (χ2n) is 8.78. The second kappa shape index (κ2) is 10.7. The maximum atomic E-state index is 14.4. The van der Waals surface area contributed by atoms with Gasteiger partial charge < -0.3 is 9.47 Å². The monoisotopic (exact) mass is 410 g/mol. The first-order valence-electron chi connectivity index (χ1n) is 11.4. The van der Waals surface area contributed by atoms with E-state index in [1.165, 1.54) is 64.2 Å². The number of ether oxygens (including phenoxy) is 2. The molecule has 28 heavy (non-hydrogen) atoms. The Balaban J connectivity index is 1.42. The van der Waals surface area contributed by atoms with Crippen molar-refractivity contribution in [2.75, 3.05) is 13.2 Å². The molecule has 0 bridgehead atoms. The summed E-state index contributed by atoms with van der Waals surface area (Å²) >= 11 is 6.05. The summed E-state index contributed by atoms with van der Waals surface area (Å²) < 4.78 is 25.5. The predicted octanol–water partition coefficient (Wildman–Crippen LogP) is 7.67. The zero-order valence-electron chi connectivity index (χ0n) is 17.5. The summed E-state index contributed by atoms with van der Waals surface area (Å²) in [5, 5.41) is 0.0155. The van der Waals surface area contributed by atoms with Gasteiger partial charge in [0, 0.05) is 0 Å². The van der Waals surface area contributed by atoms with E-state index < -0.39 is 5.82 Å². The molecule has 2 fully saturated rings. The highest BCUT2D eigenvalue weighted by atomic mass is 35.5. The maximum Gasteiger partial charge on any atom is 0.187 e. The molecule has 0 radical (unpaired) electrons. The zero-order valence-corrected chi connectivity index (χ0v) is 18.3. The lowest BCUT2D eigenvalue weighted by Gasteiger charge is -2.37. The van der Waals surface area contributed by atoms with Gasteiger partial charge in [0.1, 0.15) is 10.8 Å². The number of hydrogen-bond acceptors (Lipinski definition) is 2. The van der Waals surface area contributed by atoms with Crippen LogP contribution in [-0.2, 0) is 0 Å². The largest absolute Gasteiger partial charge is 0.492 e. The summed E-state index contributed by atoms with van der Waals surface area (Å²) in [5.41, 5.74) is 0. The van der Waals surface area contributed by atoms with E-state index in [1.54, 1.807) is 12.1 Å². The summed E-state index contributed by atoms with van der Waals surface area (Å²) in [6.07, 6.45) is 13.5. The molecule has 0 unspecified atom stereocenters. The molecule has 1 aromatic rings. The first kappa shape index (κ1) is 21.7. The number of rotatable bonds is 8.